The molecule has 0 amide bonds. The predicted octanol–water partition coefficient (Wildman–Crippen LogP) is 0.0159. The number of halogens is 1. The van der Waals surface area contributed by atoms with E-state index in [0.29, 0.717) is 0 Å². The second kappa shape index (κ2) is 6.52. The highest BCUT2D eigenvalue weighted by molar-refractivity contribution is 6.81. The zero-order valence-electron chi connectivity index (χ0n) is 13.2. The fourth-order valence-corrected chi connectivity index (χ4v) is 2.91. The number of aromatic amines is 1. The summed E-state index contributed by atoms with van der Waals surface area (Å²) < 4.78 is 20.2. The number of aromatic nitrogens is 2. The monoisotopic (exact) mass is 344 g/mol. The van der Waals surface area contributed by atoms with Crippen molar-refractivity contribution >= 4 is 14.1 Å². The summed E-state index contributed by atoms with van der Waals surface area (Å²) in [5.41, 5.74) is 0.706. The highest BCUT2D eigenvalue weighted by atomic mass is 28.3. The van der Waals surface area contributed by atoms with Crippen molar-refractivity contribution in [3.05, 3.63) is 38.3 Å². The molecule has 9 heteroatoms. The summed E-state index contributed by atoms with van der Waals surface area (Å²) in [6.07, 6.45) is -3.13. The zero-order valence-corrected chi connectivity index (χ0v) is 14.2. The Kier molecular flexibility index (Phi) is 5.04. The number of aliphatic hydroxyl groups excluding tert-OH is 2. The van der Waals surface area contributed by atoms with Gasteiger partial charge >= 0.3 is 5.69 Å². The lowest BCUT2D eigenvalue weighted by molar-refractivity contribution is -0.0491. The van der Waals surface area contributed by atoms with E-state index in [1.54, 1.807) is 6.08 Å². The van der Waals surface area contributed by atoms with Gasteiger partial charge < -0.3 is 14.9 Å². The molecular weight excluding hydrogens is 323 g/mol. The van der Waals surface area contributed by atoms with Gasteiger partial charge in [-0.05, 0) is 0 Å². The lowest BCUT2D eigenvalue weighted by Gasteiger charge is -2.16. The maximum Gasteiger partial charge on any atom is 0.330 e. The average Bonchev–Trinajstić information content (AvgIpc) is 2.73. The fourth-order valence-electron chi connectivity index (χ4n) is 2.23. The first-order valence-corrected chi connectivity index (χ1v) is 10.8. The third-order valence-electron chi connectivity index (χ3n) is 3.51. The number of hydrogen-bond donors (Lipinski definition) is 3. The Morgan fingerprint density at radius 2 is 2.09 bits per heavy atom. The van der Waals surface area contributed by atoms with Crippen LogP contribution in [0.5, 0.6) is 0 Å². The molecule has 1 saturated heterocycles. The van der Waals surface area contributed by atoms with Crippen molar-refractivity contribution in [1.82, 2.24) is 9.55 Å². The van der Waals surface area contributed by atoms with Gasteiger partial charge in [0.2, 0.25) is 0 Å². The van der Waals surface area contributed by atoms with Crippen LogP contribution in [0.2, 0.25) is 19.6 Å². The minimum absolute atomic E-state index is 0.199. The second-order valence-electron chi connectivity index (χ2n) is 6.63. The van der Waals surface area contributed by atoms with Crippen molar-refractivity contribution < 1.29 is 19.3 Å². The van der Waals surface area contributed by atoms with Crippen molar-refractivity contribution in [1.29, 1.82) is 0 Å². The molecule has 4 atom stereocenters. The molecular formula is C14H21FN2O5Si. The lowest BCUT2D eigenvalue weighted by Crippen LogP contribution is -2.37. The highest BCUT2D eigenvalue weighted by Gasteiger charge is 2.45. The van der Waals surface area contributed by atoms with E-state index in [-0.39, 0.29) is 5.56 Å². The molecule has 23 heavy (non-hydrogen) atoms. The number of alkyl halides is 1. The first-order valence-electron chi connectivity index (χ1n) is 7.27. The van der Waals surface area contributed by atoms with Crippen molar-refractivity contribution in [2.45, 2.75) is 44.2 Å². The van der Waals surface area contributed by atoms with Crippen LogP contribution in [0.25, 0.3) is 6.08 Å². The van der Waals surface area contributed by atoms with E-state index in [4.69, 9.17) is 9.84 Å². The minimum atomic E-state index is -1.88. The first-order chi connectivity index (χ1) is 10.6. The lowest BCUT2D eigenvalue weighted by atomic mass is 10.1. The molecule has 1 aliphatic rings. The molecule has 1 aromatic rings. The van der Waals surface area contributed by atoms with Gasteiger partial charge in [-0.15, -0.1) is 0 Å². The number of nitrogens with one attached hydrogen (secondary N) is 1. The smallest absolute Gasteiger partial charge is 0.330 e. The molecule has 0 spiro atoms. The molecule has 2 heterocycles. The van der Waals surface area contributed by atoms with Crippen LogP contribution < -0.4 is 11.2 Å². The molecule has 0 aromatic carbocycles. The minimum Gasteiger partial charge on any atom is -0.394 e. The van der Waals surface area contributed by atoms with Crippen LogP contribution in [0, 0.1) is 0 Å². The van der Waals surface area contributed by atoms with E-state index in [0.717, 1.165) is 4.57 Å². The summed E-state index contributed by atoms with van der Waals surface area (Å²) in [6, 6.07) is 0. The van der Waals surface area contributed by atoms with E-state index >= 15 is 0 Å². The summed E-state index contributed by atoms with van der Waals surface area (Å²) in [4.78, 5) is 25.9. The van der Waals surface area contributed by atoms with Crippen LogP contribution in [0.3, 0.4) is 0 Å². The maximum absolute atomic E-state index is 14.1. The van der Waals surface area contributed by atoms with Crippen molar-refractivity contribution in [3.8, 4) is 0 Å². The number of H-pyrrole nitrogens is 1. The molecule has 1 aromatic heterocycles. The summed E-state index contributed by atoms with van der Waals surface area (Å²) >= 11 is 0. The number of rotatable bonds is 4. The Balaban J connectivity index is 2.42. The summed E-state index contributed by atoms with van der Waals surface area (Å²) in [7, 11) is -1.57. The first kappa shape index (κ1) is 17.8. The molecule has 1 fully saturated rings. The summed E-state index contributed by atoms with van der Waals surface area (Å²) in [6.45, 7) is 5.66. The van der Waals surface area contributed by atoms with Crippen LogP contribution >= 0.6 is 0 Å². The van der Waals surface area contributed by atoms with E-state index in [1.807, 2.05) is 5.70 Å². The van der Waals surface area contributed by atoms with Gasteiger partial charge in [0.1, 0.15) is 12.2 Å². The molecule has 1 aliphatic heterocycles. The zero-order chi connectivity index (χ0) is 17.4. The largest absolute Gasteiger partial charge is 0.394 e. The predicted molar refractivity (Wildman–Crippen MR) is 85.6 cm³/mol. The third kappa shape index (κ3) is 3.86. The molecule has 3 N–H and O–H groups in total. The van der Waals surface area contributed by atoms with Crippen LogP contribution in [-0.2, 0) is 4.74 Å². The van der Waals surface area contributed by atoms with Gasteiger partial charge in [0.05, 0.1) is 20.2 Å². The van der Waals surface area contributed by atoms with Gasteiger partial charge in [0.25, 0.3) is 5.56 Å². The number of nitrogens with zero attached hydrogens (tertiary/aromatic N) is 1. The van der Waals surface area contributed by atoms with Crippen molar-refractivity contribution in [3.63, 3.8) is 0 Å². The summed E-state index contributed by atoms with van der Waals surface area (Å²) in [5.74, 6) is 0. The van der Waals surface area contributed by atoms with E-state index < -0.39 is 50.5 Å². The van der Waals surface area contributed by atoms with Gasteiger partial charge in [-0.2, -0.15) is 0 Å². The van der Waals surface area contributed by atoms with Crippen LogP contribution in [0.4, 0.5) is 4.39 Å². The topological polar surface area (TPSA) is 105 Å². The number of ether oxygens (including phenoxy) is 1. The van der Waals surface area contributed by atoms with Gasteiger partial charge in [-0.1, -0.05) is 31.4 Å². The van der Waals surface area contributed by atoms with Crippen LogP contribution in [0.1, 0.15) is 11.8 Å². The van der Waals surface area contributed by atoms with Crippen molar-refractivity contribution in [2.75, 3.05) is 6.61 Å². The number of hydrogen-bond acceptors (Lipinski definition) is 5. The van der Waals surface area contributed by atoms with E-state index in [2.05, 4.69) is 24.6 Å². The third-order valence-corrected chi connectivity index (χ3v) is 4.67. The SMILES string of the molecule is C[Si](C)(C)/C=C/c1cn([C@H]2O[C@@H](CO)C(O)C2F)c(=O)[nH]c1=O. The molecule has 0 saturated carbocycles. The molecule has 0 aliphatic carbocycles. The van der Waals surface area contributed by atoms with Crippen LogP contribution in [0.15, 0.2) is 21.5 Å². The maximum atomic E-state index is 14.1. The highest BCUT2D eigenvalue weighted by Crippen LogP contribution is 2.30. The van der Waals surface area contributed by atoms with Gasteiger partial charge in [-0.25, -0.2) is 9.18 Å². The van der Waals surface area contributed by atoms with E-state index in [1.165, 1.54) is 6.20 Å². The Hall–Kier alpha value is -1.55. The molecule has 7 nitrogen and oxygen atoms in total. The molecule has 2 unspecified atom stereocenters. The Labute approximate surface area is 133 Å². The Morgan fingerprint density at radius 1 is 1.43 bits per heavy atom. The Morgan fingerprint density at radius 3 is 2.61 bits per heavy atom. The number of aliphatic hydroxyl groups is 2. The standard InChI is InChI=1S/C14H21FN2O5Si/c1-23(2,3)5-4-8-6-17(14(21)16-12(8)20)13-10(15)11(19)9(7-18)22-13/h4-6,9-11,13,18-19H,7H2,1-3H3,(H,16,20,21)/b5-4+/t9-,10?,11?,13-/m0/s1. The van der Waals surface area contributed by atoms with Gasteiger partial charge in [0, 0.05) is 6.20 Å². The fraction of sp³-hybridized carbons (Fsp3) is 0.571. The van der Waals surface area contributed by atoms with Gasteiger partial charge in [-0.3, -0.25) is 14.3 Å². The molecule has 0 radical (unpaired) electrons. The summed E-state index contributed by atoms with van der Waals surface area (Å²) in [5, 5.41) is 18.7. The molecule has 128 valence electrons. The average molecular weight is 344 g/mol. The second-order valence-corrected chi connectivity index (χ2v) is 11.7. The van der Waals surface area contributed by atoms with Gasteiger partial charge in [0.15, 0.2) is 12.4 Å². The normalized spacial score (nSPS) is 28.6. The quantitative estimate of drug-likeness (QED) is 0.668. The molecule has 2 rings (SSSR count). The Bertz CT molecular complexity index is 708. The van der Waals surface area contributed by atoms with Crippen molar-refractivity contribution in [2.24, 2.45) is 0 Å². The van der Waals surface area contributed by atoms with E-state index in [9.17, 15) is 19.1 Å². The van der Waals surface area contributed by atoms with Crippen LogP contribution in [-0.4, -0.2) is 52.8 Å². The molecule has 0 bridgehead atoms.